The quantitative estimate of drug-likeness (QED) is 0.0337. The van der Waals surface area contributed by atoms with E-state index >= 15 is 0 Å². The first-order valence-electron chi connectivity index (χ1n) is 30.7. The Morgan fingerprint density at radius 1 is 0.268 bits per heavy atom. The van der Waals surface area contributed by atoms with E-state index < -0.39 is 6.15 Å². The van der Waals surface area contributed by atoms with Gasteiger partial charge in [0.25, 0.3) is 0 Å². The molecule has 4 aromatic carbocycles. The minimum atomic E-state index is -1.38. The lowest BCUT2D eigenvalue weighted by Gasteiger charge is -2.48. The second kappa shape index (κ2) is 37.6. The van der Waals surface area contributed by atoms with Crippen LogP contribution in [0.3, 0.4) is 0 Å². The van der Waals surface area contributed by atoms with Crippen molar-refractivity contribution in [3.05, 3.63) is 117 Å². The summed E-state index contributed by atoms with van der Waals surface area (Å²) < 4.78 is 0. The highest BCUT2D eigenvalue weighted by atomic mass is 15.1. The Labute approximate surface area is 442 Å². The van der Waals surface area contributed by atoms with Crippen LogP contribution in [0.25, 0.3) is 0 Å². The molecule has 0 saturated heterocycles. The van der Waals surface area contributed by atoms with Crippen molar-refractivity contribution >= 4 is 28.0 Å². The summed E-state index contributed by atoms with van der Waals surface area (Å²) in [4.78, 5) is 1.78. The fourth-order valence-corrected chi connectivity index (χ4v) is 12.3. The van der Waals surface area contributed by atoms with Crippen molar-refractivity contribution in [1.82, 2.24) is 0 Å². The Balaban J connectivity index is 0.000000378. The Morgan fingerprint density at radius 3 is 0.634 bits per heavy atom. The number of unbranched alkanes of at least 4 members (excludes halogenated alkanes) is 30. The predicted octanol–water partition coefficient (Wildman–Crippen LogP) is 17.6. The molecule has 71 heavy (non-hydrogen) atoms. The first-order valence-corrected chi connectivity index (χ1v) is 30.7. The van der Waals surface area contributed by atoms with E-state index in [1.165, 1.54) is 285 Å². The number of rotatable bonds is 38. The summed E-state index contributed by atoms with van der Waals surface area (Å²) in [6.45, 7) is 25.3. The molecule has 1 nitrogen and oxygen atoms in total. The zero-order valence-electron chi connectivity index (χ0n) is 49.0. The molecule has 1 N–H and O–H groups in total. The van der Waals surface area contributed by atoms with E-state index in [0.717, 1.165) is 0 Å². The fraction of sp³-hybridized carbons (Fsp3) is 0.652. The summed E-state index contributed by atoms with van der Waals surface area (Å²) in [5, 5.41) is 0. The molecule has 0 saturated carbocycles. The predicted molar refractivity (Wildman–Crippen MR) is 324 cm³/mol. The maximum Gasteiger partial charge on any atom is 0.109 e. The molecule has 0 aromatic heterocycles. The normalized spacial score (nSPS) is 11.7. The molecule has 0 amide bonds. The first kappa shape index (κ1) is 62.2. The fourth-order valence-electron chi connectivity index (χ4n) is 12.3. The van der Waals surface area contributed by atoms with Crippen LogP contribution in [0.5, 0.6) is 0 Å². The van der Waals surface area contributed by atoms with Gasteiger partial charge in [-0.1, -0.05) is 311 Å². The molecule has 0 bridgehead atoms. The molecule has 4 rings (SSSR count). The SMILES string of the molecule is CCCCCCCCCCCCCCCCCC[NH+](C)CCCCCCCCCCCCCCCCCC.Cc1ccc([B-](c2ccc(C)cc2C)(c2ccc(C)cc2C)c2ccc(C)cc2C)c(C)c1. The molecule has 0 spiro atoms. The molecule has 4 aromatic rings. The van der Waals surface area contributed by atoms with Gasteiger partial charge in [-0.25, -0.2) is 0 Å². The van der Waals surface area contributed by atoms with E-state index in [0.29, 0.717) is 0 Å². The van der Waals surface area contributed by atoms with Crippen LogP contribution in [0, 0.1) is 55.4 Å². The summed E-state index contributed by atoms with van der Waals surface area (Å²) in [5.74, 6) is 0. The molecule has 2 heteroatoms. The van der Waals surface area contributed by atoms with Crippen LogP contribution in [-0.2, 0) is 0 Å². The molecule has 0 aliphatic carbocycles. The van der Waals surface area contributed by atoms with E-state index in [1.54, 1.807) is 4.90 Å². The van der Waals surface area contributed by atoms with E-state index in [9.17, 15) is 0 Å². The molecular weight excluding hydrogens is 854 g/mol. The van der Waals surface area contributed by atoms with Crippen molar-refractivity contribution in [1.29, 1.82) is 0 Å². The van der Waals surface area contributed by atoms with Crippen molar-refractivity contribution in [2.45, 2.75) is 275 Å². The molecule has 0 heterocycles. The number of quaternary nitrogens is 1. The average Bonchev–Trinajstić information content (AvgIpc) is 3.33. The van der Waals surface area contributed by atoms with E-state index in [1.807, 2.05) is 0 Å². The van der Waals surface area contributed by atoms with Crippen LogP contribution in [0.1, 0.15) is 264 Å². The third-order valence-electron chi connectivity index (χ3n) is 16.5. The molecule has 0 fully saturated rings. The second-order valence-corrected chi connectivity index (χ2v) is 23.4. The van der Waals surface area contributed by atoms with Crippen molar-refractivity contribution in [3.8, 4) is 0 Å². The van der Waals surface area contributed by atoms with Gasteiger partial charge in [0.15, 0.2) is 0 Å². The third-order valence-corrected chi connectivity index (χ3v) is 16.5. The minimum Gasteiger partial charge on any atom is -0.337 e. The maximum absolute atomic E-state index is 2.43. The Morgan fingerprint density at radius 2 is 0.451 bits per heavy atom. The lowest BCUT2D eigenvalue weighted by Crippen LogP contribution is -3.09. The molecular formula is C69H114BN. The molecule has 398 valence electrons. The van der Waals surface area contributed by atoms with Gasteiger partial charge < -0.3 is 4.90 Å². The highest BCUT2D eigenvalue weighted by Gasteiger charge is 2.35. The van der Waals surface area contributed by atoms with E-state index in [-0.39, 0.29) is 0 Å². The van der Waals surface area contributed by atoms with Crippen LogP contribution >= 0.6 is 0 Å². The van der Waals surface area contributed by atoms with Gasteiger partial charge in [0.1, 0.15) is 6.15 Å². The summed E-state index contributed by atoms with van der Waals surface area (Å²) in [6, 6.07) is 28.1. The second-order valence-electron chi connectivity index (χ2n) is 23.4. The van der Waals surface area contributed by atoms with Gasteiger partial charge in [-0.2, -0.15) is 21.9 Å². The topological polar surface area (TPSA) is 4.44 Å². The number of benzene rings is 4. The van der Waals surface area contributed by atoms with Gasteiger partial charge in [-0.15, -0.1) is 0 Å². The third kappa shape index (κ3) is 23.8. The highest BCUT2D eigenvalue weighted by Crippen LogP contribution is 2.21. The van der Waals surface area contributed by atoms with Gasteiger partial charge in [-0.05, 0) is 81.1 Å². The molecule has 0 aliphatic heterocycles. The Bertz CT molecular complexity index is 1720. The largest absolute Gasteiger partial charge is 0.337 e. The zero-order chi connectivity index (χ0) is 51.5. The first-order chi connectivity index (χ1) is 34.4. The smallest absolute Gasteiger partial charge is 0.109 e. The van der Waals surface area contributed by atoms with Gasteiger partial charge in [0.2, 0.25) is 0 Å². The Hall–Kier alpha value is -3.10. The Kier molecular flexibility index (Phi) is 32.9. The van der Waals surface area contributed by atoms with Crippen molar-refractivity contribution in [3.63, 3.8) is 0 Å². The molecule has 0 radical (unpaired) electrons. The van der Waals surface area contributed by atoms with Crippen LogP contribution in [0.15, 0.2) is 72.8 Å². The highest BCUT2D eigenvalue weighted by molar-refractivity contribution is 7.20. The van der Waals surface area contributed by atoms with E-state index in [4.69, 9.17) is 0 Å². The minimum absolute atomic E-state index is 1.31. The molecule has 0 unspecified atom stereocenters. The van der Waals surface area contributed by atoms with Crippen molar-refractivity contribution in [2.75, 3.05) is 20.1 Å². The van der Waals surface area contributed by atoms with Crippen molar-refractivity contribution < 1.29 is 4.90 Å². The van der Waals surface area contributed by atoms with Crippen LogP contribution in [-0.4, -0.2) is 26.3 Å². The number of nitrogens with one attached hydrogen (secondary N) is 1. The van der Waals surface area contributed by atoms with Gasteiger partial charge >= 0.3 is 0 Å². The summed E-state index contributed by atoms with van der Waals surface area (Å²) in [5.41, 5.74) is 16.3. The standard InChI is InChI=1S/C37H77N.C32H36B/c1-4-6-8-10-12-14-16-18-20-22-24-26-28-30-32-34-36-38(3)37-35-33-31-29-27-25-23-21-19-17-15-13-11-9-7-5-2;1-21-9-13-29(25(5)17-21)33(30-14-10-22(2)18-26(30)6,31-15-11-23(3)19-27(31)7)32-16-12-24(4)20-28(32)8/h4-37H2,1-3H3;9-20H,1-8H3/q;-1/p+1. The van der Waals surface area contributed by atoms with Gasteiger partial charge in [0.05, 0.1) is 20.1 Å². The lowest BCUT2D eigenvalue weighted by atomic mass is 9.11. The summed E-state index contributed by atoms with van der Waals surface area (Å²) >= 11 is 0. The number of aryl methyl sites for hydroxylation is 8. The van der Waals surface area contributed by atoms with Crippen molar-refractivity contribution in [2.24, 2.45) is 0 Å². The molecule has 0 atom stereocenters. The lowest BCUT2D eigenvalue weighted by molar-refractivity contribution is -0.880. The van der Waals surface area contributed by atoms with Gasteiger partial charge in [-0.3, -0.25) is 0 Å². The van der Waals surface area contributed by atoms with E-state index in [2.05, 4.69) is 149 Å². The zero-order valence-corrected chi connectivity index (χ0v) is 49.0. The van der Waals surface area contributed by atoms with Gasteiger partial charge in [0, 0.05) is 0 Å². The average molecular weight is 968 g/mol. The molecule has 0 aliphatic rings. The maximum atomic E-state index is 2.43. The summed E-state index contributed by atoms with van der Waals surface area (Å²) in [7, 11) is 2.43. The van der Waals surface area contributed by atoms with Crippen LogP contribution in [0.2, 0.25) is 0 Å². The monoisotopic (exact) mass is 968 g/mol. The van der Waals surface area contributed by atoms with Crippen LogP contribution in [0.4, 0.5) is 0 Å². The number of hydrogen-bond acceptors (Lipinski definition) is 0. The number of hydrogen-bond donors (Lipinski definition) is 1. The van der Waals surface area contributed by atoms with Crippen LogP contribution < -0.4 is 26.8 Å². The summed E-state index contributed by atoms with van der Waals surface area (Å²) in [6.07, 6.45) is 45.7.